The standard InChI is InChI=1S/C16H15N3O2S3/c1-2-21-16(22)24-9-14(20)19-15-18-13(8-23-15)11-7-17-12-6-4-3-5-10(11)12/h3-8,17H,2,9H2,1H3,(H,18,19,20). The molecule has 0 saturated carbocycles. The van der Waals surface area contributed by atoms with Crippen molar-refractivity contribution in [3.05, 3.63) is 35.8 Å². The summed E-state index contributed by atoms with van der Waals surface area (Å²) in [7, 11) is 0. The molecule has 2 N–H and O–H groups in total. The number of thiazole rings is 1. The Bertz CT molecular complexity index is 872. The lowest BCUT2D eigenvalue weighted by atomic mass is 10.1. The van der Waals surface area contributed by atoms with Gasteiger partial charge in [-0.15, -0.1) is 11.3 Å². The number of carbonyl (C=O) groups excluding carboxylic acids is 1. The van der Waals surface area contributed by atoms with Crippen LogP contribution in [-0.4, -0.2) is 32.6 Å². The van der Waals surface area contributed by atoms with Gasteiger partial charge in [-0.25, -0.2) is 4.98 Å². The number of nitrogens with zero attached hydrogens (tertiary/aromatic N) is 1. The Morgan fingerprint density at radius 3 is 3.12 bits per heavy atom. The number of thiocarbonyl (C=S) groups is 1. The lowest BCUT2D eigenvalue weighted by molar-refractivity contribution is -0.113. The van der Waals surface area contributed by atoms with Gasteiger partial charge >= 0.3 is 0 Å². The van der Waals surface area contributed by atoms with Crippen LogP contribution in [-0.2, 0) is 9.53 Å². The number of rotatable bonds is 5. The summed E-state index contributed by atoms with van der Waals surface area (Å²) >= 11 is 7.59. The molecular formula is C16H15N3O2S3. The highest BCUT2D eigenvalue weighted by Crippen LogP contribution is 2.30. The van der Waals surface area contributed by atoms with Crippen LogP contribution < -0.4 is 5.32 Å². The highest BCUT2D eigenvalue weighted by molar-refractivity contribution is 8.23. The average molecular weight is 378 g/mol. The number of amides is 1. The highest BCUT2D eigenvalue weighted by atomic mass is 32.2. The van der Waals surface area contributed by atoms with Gasteiger partial charge in [0.2, 0.25) is 10.3 Å². The van der Waals surface area contributed by atoms with Crippen LogP contribution in [0.2, 0.25) is 0 Å². The van der Waals surface area contributed by atoms with E-state index in [2.05, 4.69) is 15.3 Å². The largest absolute Gasteiger partial charge is 0.479 e. The van der Waals surface area contributed by atoms with E-state index in [4.69, 9.17) is 17.0 Å². The molecule has 0 aliphatic carbocycles. The normalized spacial score (nSPS) is 10.7. The van der Waals surface area contributed by atoms with Crippen molar-refractivity contribution in [2.24, 2.45) is 0 Å². The van der Waals surface area contributed by atoms with Gasteiger partial charge in [0, 0.05) is 28.0 Å². The molecule has 0 fully saturated rings. The Morgan fingerprint density at radius 1 is 1.46 bits per heavy atom. The van der Waals surface area contributed by atoms with Gasteiger partial charge in [-0.2, -0.15) is 0 Å². The second kappa shape index (κ2) is 7.78. The Labute approximate surface area is 152 Å². The number of aromatic amines is 1. The molecule has 0 saturated heterocycles. The summed E-state index contributed by atoms with van der Waals surface area (Å²) < 4.78 is 5.52. The van der Waals surface area contributed by atoms with Crippen LogP contribution >= 0.6 is 35.3 Å². The van der Waals surface area contributed by atoms with Crippen LogP contribution in [0.3, 0.4) is 0 Å². The zero-order chi connectivity index (χ0) is 16.9. The molecule has 124 valence electrons. The quantitative estimate of drug-likeness (QED) is 0.650. The molecule has 24 heavy (non-hydrogen) atoms. The fourth-order valence-electron chi connectivity index (χ4n) is 2.18. The van der Waals surface area contributed by atoms with Gasteiger partial charge < -0.3 is 15.0 Å². The van der Waals surface area contributed by atoms with Crippen LogP contribution in [0.25, 0.3) is 22.2 Å². The molecule has 0 radical (unpaired) electrons. The summed E-state index contributed by atoms with van der Waals surface area (Å²) in [5.74, 6) is 0.0581. The predicted octanol–water partition coefficient (Wildman–Crippen LogP) is 4.28. The van der Waals surface area contributed by atoms with Crippen molar-refractivity contribution in [2.45, 2.75) is 6.92 Å². The molecule has 2 aromatic heterocycles. The lowest BCUT2D eigenvalue weighted by Crippen LogP contribution is -2.15. The number of fused-ring (bicyclic) bond motifs is 1. The molecule has 0 spiro atoms. The van der Waals surface area contributed by atoms with Crippen molar-refractivity contribution >= 4 is 61.6 Å². The number of para-hydroxylation sites is 1. The third-order valence-corrected chi connectivity index (χ3v) is 5.19. The second-order valence-electron chi connectivity index (χ2n) is 4.81. The molecule has 5 nitrogen and oxygen atoms in total. The maximum atomic E-state index is 11.9. The Hall–Kier alpha value is -1.90. The lowest BCUT2D eigenvalue weighted by Gasteiger charge is -2.03. The molecule has 0 bridgehead atoms. The van der Waals surface area contributed by atoms with E-state index in [1.54, 1.807) is 0 Å². The molecule has 0 aliphatic heterocycles. The third-order valence-electron chi connectivity index (χ3n) is 3.20. The molecule has 1 aromatic carbocycles. The number of anilines is 1. The van der Waals surface area contributed by atoms with Crippen LogP contribution in [0.15, 0.2) is 35.8 Å². The van der Waals surface area contributed by atoms with E-state index in [0.29, 0.717) is 16.1 Å². The number of ether oxygens (including phenoxy) is 1. The minimum absolute atomic E-state index is 0.151. The average Bonchev–Trinajstić information content (AvgIpc) is 3.19. The van der Waals surface area contributed by atoms with Gasteiger partial charge in [-0.1, -0.05) is 30.0 Å². The molecular weight excluding hydrogens is 362 g/mol. The number of hydrogen-bond donors (Lipinski definition) is 2. The van der Waals surface area contributed by atoms with Crippen molar-refractivity contribution < 1.29 is 9.53 Å². The summed E-state index contributed by atoms with van der Waals surface area (Å²) in [6, 6.07) is 8.04. The van der Waals surface area contributed by atoms with Crippen molar-refractivity contribution in [2.75, 3.05) is 17.7 Å². The first-order valence-corrected chi connectivity index (χ1v) is 9.56. The third kappa shape index (κ3) is 3.95. The Balaban J connectivity index is 1.65. The number of carbonyl (C=O) groups is 1. The van der Waals surface area contributed by atoms with Crippen molar-refractivity contribution in [3.63, 3.8) is 0 Å². The van der Waals surface area contributed by atoms with E-state index >= 15 is 0 Å². The van der Waals surface area contributed by atoms with Gasteiger partial charge in [0.15, 0.2) is 5.13 Å². The molecule has 1 amide bonds. The molecule has 0 unspecified atom stereocenters. The molecule has 2 heterocycles. The number of hydrogen-bond acceptors (Lipinski definition) is 6. The van der Waals surface area contributed by atoms with Crippen molar-refractivity contribution in [1.29, 1.82) is 0 Å². The Morgan fingerprint density at radius 2 is 2.29 bits per heavy atom. The number of aromatic nitrogens is 2. The zero-order valence-electron chi connectivity index (χ0n) is 12.9. The predicted molar refractivity (Wildman–Crippen MR) is 105 cm³/mol. The van der Waals surface area contributed by atoms with Crippen molar-refractivity contribution in [3.8, 4) is 11.3 Å². The highest BCUT2D eigenvalue weighted by Gasteiger charge is 2.12. The van der Waals surface area contributed by atoms with Gasteiger partial charge in [0.25, 0.3) is 0 Å². The fraction of sp³-hybridized carbons (Fsp3) is 0.188. The van der Waals surface area contributed by atoms with E-state index in [1.807, 2.05) is 42.8 Å². The molecule has 3 rings (SSSR count). The summed E-state index contributed by atoms with van der Waals surface area (Å²) in [6.07, 6.45) is 1.93. The Kier molecular flexibility index (Phi) is 5.49. The summed E-state index contributed by atoms with van der Waals surface area (Å²) in [5, 5.41) is 6.41. The smallest absolute Gasteiger partial charge is 0.236 e. The van der Waals surface area contributed by atoms with Gasteiger partial charge in [0.1, 0.15) is 0 Å². The second-order valence-corrected chi connectivity index (χ2v) is 7.24. The number of H-pyrrole nitrogens is 1. The minimum Gasteiger partial charge on any atom is -0.479 e. The van der Waals surface area contributed by atoms with Crippen molar-refractivity contribution in [1.82, 2.24) is 9.97 Å². The first-order valence-electron chi connectivity index (χ1n) is 7.28. The fourth-order valence-corrected chi connectivity index (χ4v) is 3.72. The van der Waals surface area contributed by atoms with E-state index in [0.717, 1.165) is 22.2 Å². The van der Waals surface area contributed by atoms with Crippen LogP contribution in [0.1, 0.15) is 6.92 Å². The molecule has 0 aliphatic rings. The van der Waals surface area contributed by atoms with Gasteiger partial charge in [0.05, 0.1) is 18.1 Å². The summed E-state index contributed by atoms with van der Waals surface area (Å²) in [4.78, 5) is 19.7. The molecule has 8 heteroatoms. The van der Waals surface area contributed by atoms with E-state index in [-0.39, 0.29) is 11.7 Å². The van der Waals surface area contributed by atoms with E-state index < -0.39 is 0 Å². The maximum absolute atomic E-state index is 11.9. The number of benzene rings is 1. The summed E-state index contributed by atoms with van der Waals surface area (Å²) in [6.45, 7) is 2.36. The van der Waals surface area contributed by atoms with E-state index in [1.165, 1.54) is 23.1 Å². The van der Waals surface area contributed by atoms with Crippen LogP contribution in [0.5, 0.6) is 0 Å². The SMILES string of the molecule is CCOC(=S)SCC(=O)Nc1nc(-c2c[nH]c3ccccc23)cs1. The monoisotopic (exact) mass is 377 g/mol. The molecule has 0 atom stereocenters. The topological polar surface area (TPSA) is 67.0 Å². The van der Waals surface area contributed by atoms with Crippen LogP contribution in [0, 0.1) is 0 Å². The summed E-state index contributed by atoms with van der Waals surface area (Å²) in [5.41, 5.74) is 2.92. The van der Waals surface area contributed by atoms with Crippen LogP contribution in [0.4, 0.5) is 5.13 Å². The first-order chi connectivity index (χ1) is 11.7. The number of nitrogens with one attached hydrogen (secondary N) is 2. The molecule has 3 aromatic rings. The van der Waals surface area contributed by atoms with E-state index in [9.17, 15) is 4.79 Å². The first kappa shape index (κ1) is 16.9. The number of thioether (sulfide) groups is 1. The van der Waals surface area contributed by atoms with Gasteiger partial charge in [-0.3, -0.25) is 4.79 Å². The maximum Gasteiger partial charge on any atom is 0.236 e. The van der Waals surface area contributed by atoms with Gasteiger partial charge in [-0.05, 0) is 25.2 Å². The zero-order valence-corrected chi connectivity index (χ0v) is 15.3. The minimum atomic E-state index is -0.151.